The van der Waals surface area contributed by atoms with Gasteiger partial charge in [0.2, 0.25) is 0 Å². The fraction of sp³-hybridized carbons (Fsp3) is 0.846. The van der Waals surface area contributed by atoms with Crippen molar-refractivity contribution in [3.8, 4) is 0 Å². The second kappa shape index (κ2) is 5.98. The maximum atomic E-state index is 8.85. The molecule has 2 aliphatic heterocycles. The van der Waals surface area contributed by atoms with Crippen LogP contribution >= 0.6 is 0 Å². The number of aliphatic hydroxyl groups is 1. The minimum Gasteiger partial charge on any atom is -0.394 e. The van der Waals surface area contributed by atoms with Gasteiger partial charge in [-0.1, -0.05) is 11.6 Å². The first-order valence-corrected chi connectivity index (χ1v) is 7.34. The Balaban J connectivity index is 1.51. The Morgan fingerprint density at radius 3 is 3.16 bits per heavy atom. The van der Waals surface area contributed by atoms with Gasteiger partial charge < -0.3 is 10.4 Å². The Bertz CT molecular complexity index is 407. The van der Waals surface area contributed by atoms with Gasteiger partial charge in [-0.15, -0.1) is 5.10 Å². The standard InChI is InChI=1S/C13H23N5O/c19-8-7-18-10-11(15-16-18)9-14-12-4-6-17-5-2-1-3-13(12)17/h10,12-14,19H,1-9H2. The monoisotopic (exact) mass is 265 g/mol. The molecule has 19 heavy (non-hydrogen) atoms. The van der Waals surface area contributed by atoms with Crippen molar-refractivity contribution < 1.29 is 5.11 Å². The van der Waals surface area contributed by atoms with Gasteiger partial charge >= 0.3 is 0 Å². The lowest BCUT2D eigenvalue weighted by Crippen LogP contribution is -2.44. The Hall–Kier alpha value is -0.980. The van der Waals surface area contributed by atoms with Gasteiger partial charge in [0.1, 0.15) is 0 Å². The van der Waals surface area contributed by atoms with E-state index in [2.05, 4.69) is 20.5 Å². The molecule has 0 aliphatic carbocycles. The SMILES string of the molecule is OCCn1cc(CNC2CCN3CCCCC23)nn1. The highest BCUT2D eigenvalue weighted by Gasteiger charge is 2.34. The summed E-state index contributed by atoms with van der Waals surface area (Å²) in [7, 11) is 0. The summed E-state index contributed by atoms with van der Waals surface area (Å²) in [6.07, 6.45) is 7.21. The lowest BCUT2D eigenvalue weighted by atomic mass is 9.99. The molecular formula is C13H23N5O. The predicted octanol–water partition coefficient (Wildman–Crippen LogP) is -0.0132. The molecule has 1 aromatic heterocycles. The van der Waals surface area contributed by atoms with Crippen molar-refractivity contribution in [2.45, 2.75) is 50.9 Å². The molecule has 106 valence electrons. The Morgan fingerprint density at radius 1 is 1.32 bits per heavy atom. The van der Waals surface area contributed by atoms with E-state index in [1.807, 2.05) is 6.20 Å². The highest BCUT2D eigenvalue weighted by molar-refractivity contribution is 4.97. The van der Waals surface area contributed by atoms with Crippen LogP contribution in [0.2, 0.25) is 0 Å². The van der Waals surface area contributed by atoms with E-state index in [1.54, 1.807) is 4.68 Å². The summed E-state index contributed by atoms with van der Waals surface area (Å²) in [5.74, 6) is 0. The molecular weight excluding hydrogens is 242 g/mol. The van der Waals surface area contributed by atoms with Crippen LogP contribution in [0.25, 0.3) is 0 Å². The number of aliphatic hydroxyl groups excluding tert-OH is 1. The highest BCUT2D eigenvalue weighted by atomic mass is 16.3. The molecule has 0 aromatic carbocycles. The third kappa shape index (κ3) is 2.96. The minimum atomic E-state index is 0.107. The topological polar surface area (TPSA) is 66.2 Å². The van der Waals surface area contributed by atoms with Gasteiger partial charge in [-0.25, -0.2) is 4.68 Å². The Morgan fingerprint density at radius 2 is 2.26 bits per heavy atom. The van der Waals surface area contributed by atoms with Crippen LogP contribution in [0.4, 0.5) is 0 Å². The van der Waals surface area contributed by atoms with Crippen LogP contribution in [-0.2, 0) is 13.1 Å². The summed E-state index contributed by atoms with van der Waals surface area (Å²) in [5.41, 5.74) is 0.961. The molecule has 0 spiro atoms. The zero-order chi connectivity index (χ0) is 13.1. The van der Waals surface area contributed by atoms with Gasteiger partial charge in [0.05, 0.1) is 18.8 Å². The van der Waals surface area contributed by atoms with Crippen molar-refractivity contribution in [2.75, 3.05) is 19.7 Å². The summed E-state index contributed by atoms with van der Waals surface area (Å²) < 4.78 is 1.69. The quantitative estimate of drug-likeness (QED) is 0.784. The van der Waals surface area contributed by atoms with E-state index < -0.39 is 0 Å². The fourth-order valence-electron chi connectivity index (χ4n) is 3.35. The smallest absolute Gasteiger partial charge is 0.0964 e. The van der Waals surface area contributed by atoms with Crippen molar-refractivity contribution in [1.29, 1.82) is 0 Å². The van der Waals surface area contributed by atoms with Crippen molar-refractivity contribution in [1.82, 2.24) is 25.2 Å². The third-order valence-corrected chi connectivity index (χ3v) is 4.32. The first-order valence-electron chi connectivity index (χ1n) is 7.34. The number of nitrogens with zero attached hydrogens (tertiary/aromatic N) is 4. The number of aromatic nitrogens is 3. The molecule has 2 unspecified atom stereocenters. The van der Waals surface area contributed by atoms with Gasteiger partial charge in [0, 0.05) is 31.4 Å². The van der Waals surface area contributed by atoms with Crippen molar-refractivity contribution in [3.05, 3.63) is 11.9 Å². The average Bonchev–Trinajstić information content (AvgIpc) is 3.04. The van der Waals surface area contributed by atoms with E-state index >= 15 is 0 Å². The minimum absolute atomic E-state index is 0.107. The largest absolute Gasteiger partial charge is 0.394 e. The fourth-order valence-corrected chi connectivity index (χ4v) is 3.35. The molecule has 0 saturated carbocycles. The van der Waals surface area contributed by atoms with Crippen molar-refractivity contribution >= 4 is 0 Å². The van der Waals surface area contributed by atoms with Crippen LogP contribution < -0.4 is 5.32 Å². The first kappa shape index (κ1) is 13.0. The highest BCUT2D eigenvalue weighted by Crippen LogP contribution is 2.27. The van der Waals surface area contributed by atoms with Crippen LogP contribution in [0.5, 0.6) is 0 Å². The first-order chi connectivity index (χ1) is 9.36. The van der Waals surface area contributed by atoms with E-state index in [9.17, 15) is 0 Å². The second-order valence-corrected chi connectivity index (χ2v) is 5.57. The molecule has 0 amide bonds. The van der Waals surface area contributed by atoms with Gasteiger partial charge in [-0.3, -0.25) is 4.90 Å². The second-order valence-electron chi connectivity index (χ2n) is 5.57. The molecule has 1 aromatic rings. The molecule has 0 radical (unpaired) electrons. The van der Waals surface area contributed by atoms with Crippen LogP contribution in [0, 0.1) is 0 Å². The molecule has 2 aliphatic rings. The van der Waals surface area contributed by atoms with Crippen molar-refractivity contribution in [2.24, 2.45) is 0 Å². The van der Waals surface area contributed by atoms with E-state index in [0.29, 0.717) is 12.6 Å². The summed E-state index contributed by atoms with van der Waals surface area (Å²) >= 11 is 0. The maximum absolute atomic E-state index is 8.85. The molecule has 2 N–H and O–H groups in total. The Labute approximate surface area is 113 Å². The van der Waals surface area contributed by atoms with Gasteiger partial charge in [-0.2, -0.15) is 0 Å². The van der Waals surface area contributed by atoms with E-state index in [0.717, 1.165) is 18.3 Å². The number of fused-ring (bicyclic) bond motifs is 1. The molecule has 0 bridgehead atoms. The molecule has 3 rings (SSSR count). The molecule has 6 nitrogen and oxygen atoms in total. The summed E-state index contributed by atoms with van der Waals surface area (Å²) in [6, 6.07) is 1.32. The number of piperidine rings is 1. The van der Waals surface area contributed by atoms with Crippen molar-refractivity contribution in [3.63, 3.8) is 0 Å². The lowest BCUT2D eigenvalue weighted by Gasteiger charge is -2.32. The zero-order valence-electron chi connectivity index (χ0n) is 11.3. The van der Waals surface area contributed by atoms with Crippen LogP contribution in [0.1, 0.15) is 31.4 Å². The van der Waals surface area contributed by atoms with Crippen LogP contribution in [0.3, 0.4) is 0 Å². The third-order valence-electron chi connectivity index (χ3n) is 4.32. The molecule has 2 saturated heterocycles. The van der Waals surface area contributed by atoms with Gasteiger partial charge in [0.25, 0.3) is 0 Å². The molecule has 2 atom stereocenters. The van der Waals surface area contributed by atoms with Crippen LogP contribution in [-0.4, -0.2) is 56.8 Å². The Kier molecular flexibility index (Phi) is 4.10. The predicted molar refractivity (Wildman–Crippen MR) is 71.6 cm³/mol. The maximum Gasteiger partial charge on any atom is 0.0964 e. The van der Waals surface area contributed by atoms with Gasteiger partial charge in [-0.05, 0) is 25.8 Å². The summed E-state index contributed by atoms with van der Waals surface area (Å²) in [4.78, 5) is 2.63. The summed E-state index contributed by atoms with van der Waals surface area (Å²) in [6.45, 7) is 3.91. The van der Waals surface area contributed by atoms with E-state index in [1.165, 1.54) is 38.8 Å². The summed E-state index contributed by atoms with van der Waals surface area (Å²) in [5, 5.41) is 20.6. The molecule has 2 fully saturated rings. The normalized spacial score (nSPS) is 27.6. The van der Waals surface area contributed by atoms with E-state index in [4.69, 9.17) is 5.11 Å². The number of nitrogens with one attached hydrogen (secondary N) is 1. The lowest BCUT2D eigenvalue weighted by molar-refractivity contribution is 0.180. The van der Waals surface area contributed by atoms with E-state index in [-0.39, 0.29) is 6.61 Å². The average molecular weight is 265 g/mol. The van der Waals surface area contributed by atoms with Crippen LogP contribution in [0.15, 0.2) is 6.20 Å². The zero-order valence-corrected chi connectivity index (χ0v) is 11.3. The number of hydrogen-bond acceptors (Lipinski definition) is 5. The number of hydrogen-bond donors (Lipinski definition) is 2. The molecule has 6 heteroatoms. The number of rotatable bonds is 5. The van der Waals surface area contributed by atoms with Gasteiger partial charge in [0.15, 0.2) is 0 Å². The molecule has 3 heterocycles.